The van der Waals surface area contributed by atoms with Gasteiger partial charge in [-0.05, 0) is 12.1 Å². The number of carbonyl (C=O) groups excluding carboxylic acids is 1. The topological polar surface area (TPSA) is 75.6 Å². The van der Waals surface area contributed by atoms with Crippen LogP contribution in [-0.2, 0) is 9.63 Å². The van der Waals surface area contributed by atoms with E-state index in [2.05, 4.69) is 4.84 Å². The van der Waals surface area contributed by atoms with Crippen LogP contribution in [0.15, 0.2) is 12.1 Å². The first-order valence-corrected chi connectivity index (χ1v) is 4.96. The van der Waals surface area contributed by atoms with Crippen LogP contribution in [0.2, 0.25) is 10.0 Å². The smallest absolute Gasteiger partial charge is 0.332 e. The summed E-state index contributed by atoms with van der Waals surface area (Å²) in [6.07, 6.45) is 0. The van der Waals surface area contributed by atoms with E-state index in [-0.39, 0.29) is 15.6 Å². The Morgan fingerprint density at radius 3 is 2.59 bits per heavy atom. The van der Waals surface area contributed by atoms with E-state index in [1.165, 1.54) is 0 Å². The normalized spacial score (nSPS) is 10.1. The maximum Gasteiger partial charge on any atom is 0.332 e. The average molecular weight is 282 g/mol. The molecule has 1 rings (SSSR count). The highest BCUT2D eigenvalue weighted by molar-refractivity contribution is 6.36. The number of carboxylic acids is 1. The molecule has 8 heteroatoms. The zero-order valence-corrected chi connectivity index (χ0v) is 9.68. The number of carbonyl (C=O) groups is 2. The molecule has 5 nitrogen and oxygen atoms in total. The summed E-state index contributed by atoms with van der Waals surface area (Å²) in [5.74, 6) is -2.95. The summed E-state index contributed by atoms with van der Waals surface area (Å²) >= 11 is 11.1. The number of carboxylic acid groups (broad SMARTS) is 1. The largest absolute Gasteiger partial charge is 0.479 e. The van der Waals surface area contributed by atoms with Gasteiger partial charge in [-0.1, -0.05) is 23.2 Å². The lowest BCUT2D eigenvalue weighted by molar-refractivity contribution is -0.144. The van der Waals surface area contributed by atoms with E-state index in [0.717, 1.165) is 12.1 Å². The second-order valence-electron chi connectivity index (χ2n) is 2.86. The standard InChI is InChI=1S/C9H6Cl2FNO4/c10-5-2-6(11)7(12)1-4(5)9(16)13-17-3-8(14)15/h1-2H,3H2,(H,13,16)(H,14,15). The van der Waals surface area contributed by atoms with Crippen LogP contribution in [0.5, 0.6) is 0 Å². The van der Waals surface area contributed by atoms with Gasteiger partial charge in [-0.3, -0.25) is 9.63 Å². The number of aliphatic carboxylic acids is 1. The molecule has 0 spiro atoms. The molecule has 1 amide bonds. The minimum Gasteiger partial charge on any atom is -0.479 e. The van der Waals surface area contributed by atoms with Crippen LogP contribution in [0.25, 0.3) is 0 Å². The Hall–Kier alpha value is -1.37. The number of hydrogen-bond donors (Lipinski definition) is 2. The lowest BCUT2D eigenvalue weighted by Crippen LogP contribution is -2.27. The number of hydrogen-bond acceptors (Lipinski definition) is 3. The fourth-order valence-electron chi connectivity index (χ4n) is 0.915. The number of nitrogens with one attached hydrogen (secondary N) is 1. The van der Waals surface area contributed by atoms with Crippen LogP contribution in [0, 0.1) is 5.82 Å². The molecule has 17 heavy (non-hydrogen) atoms. The molecule has 0 bridgehead atoms. The lowest BCUT2D eigenvalue weighted by atomic mass is 10.2. The summed E-state index contributed by atoms with van der Waals surface area (Å²) < 4.78 is 13.1. The molecule has 0 fully saturated rings. The van der Waals surface area contributed by atoms with E-state index < -0.39 is 24.3 Å². The quantitative estimate of drug-likeness (QED) is 0.653. The summed E-state index contributed by atoms with van der Waals surface area (Å²) in [6.45, 7) is -0.723. The molecule has 0 aliphatic rings. The third kappa shape index (κ3) is 3.85. The second kappa shape index (κ2) is 5.81. The Morgan fingerprint density at radius 1 is 1.35 bits per heavy atom. The molecule has 2 N–H and O–H groups in total. The van der Waals surface area contributed by atoms with Gasteiger partial charge in [0, 0.05) is 0 Å². The Morgan fingerprint density at radius 2 is 2.00 bits per heavy atom. The highest BCUT2D eigenvalue weighted by atomic mass is 35.5. The van der Waals surface area contributed by atoms with Crippen molar-refractivity contribution >= 4 is 35.1 Å². The van der Waals surface area contributed by atoms with Gasteiger partial charge in [-0.25, -0.2) is 14.7 Å². The zero-order chi connectivity index (χ0) is 13.0. The molecule has 0 heterocycles. The molecular formula is C9H6Cl2FNO4. The van der Waals surface area contributed by atoms with Gasteiger partial charge < -0.3 is 5.11 Å². The lowest BCUT2D eigenvalue weighted by Gasteiger charge is -2.06. The van der Waals surface area contributed by atoms with Crippen LogP contribution in [0.4, 0.5) is 4.39 Å². The van der Waals surface area contributed by atoms with Crippen LogP contribution in [-0.4, -0.2) is 23.6 Å². The Balaban J connectivity index is 2.75. The Bertz CT molecular complexity index is 467. The van der Waals surface area contributed by atoms with E-state index >= 15 is 0 Å². The molecule has 0 saturated carbocycles. The third-order valence-electron chi connectivity index (χ3n) is 1.62. The van der Waals surface area contributed by atoms with Crippen LogP contribution in [0.1, 0.15) is 10.4 Å². The predicted octanol–water partition coefficient (Wildman–Crippen LogP) is 1.88. The van der Waals surface area contributed by atoms with E-state index in [4.69, 9.17) is 28.3 Å². The van der Waals surface area contributed by atoms with Crippen molar-refractivity contribution in [3.05, 3.63) is 33.6 Å². The van der Waals surface area contributed by atoms with Gasteiger partial charge >= 0.3 is 5.97 Å². The van der Waals surface area contributed by atoms with Crippen LogP contribution < -0.4 is 5.48 Å². The fourth-order valence-corrected chi connectivity index (χ4v) is 1.38. The highest BCUT2D eigenvalue weighted by Crippen LogP contribution is 2.24. The molecule has 0 aromatic heterocycles. The van der Waals surface area contributed by atoms with Gasteiger partial charge in [0.1, 0.15) is 5.82 Å². The second-order valence-corrected chi connectivity index (χ2v) is 3.67. The SMILES string of the molecule is O=C(O)CONC(=O)c1cc(F)c(Cl)cc1Cl. The van der Waals surface area contributed by atoms with E-state index in [1.807, 2.05) is 0 Å². The minimum absolute atomic E-state index is 0.0761. The Kier molecular flexibility index (Phi) is 4.68. The molecule has 0 saturated heterocycles. The summed E-state index contributed by atoms with van der Waals surface area (Å²) in [5.41, 5.74) is 1.59. The number of benzene rings is 1. The van der Waals surface area contributed by atoms with Crippen LogP contribution >= 0.6 is 23.2 Å². The van der Waals surface area contributed by atoms with Gasteiger partial charge in [0.2, 0.25) is 0 Å². The minimum atomic E-state index is -1.27. The number of rotatable bonds is 4. The molecule has 1 aromatic rings. The van der Waals surface area contributed by atoms with E-state index in [9.17, 15) is 14.0 Å². The monoisotopic (exact) mass is 281 g/mol. The molecule has 0 radical (unpaired) electrons. The van der Waals surface area contributed by atoms with Crippen molar-refractivity contribution in [2.24, 2.45) is 0 Å². The van der Waals surface area contributed by atoms with Crippen molar-refractivity contribution in [3.63, 3.8) is 0 Å². The first kappa shape index (κ1) is 13.7. The molecule has 92 valence electrons. The predicted molar refractivity (Wildman–Crippen MR) is 57.5 cm³/mol. The van der Waals surface area contributed by atoms with E-state index in [0.29, 0.717) is 0 Å². The van der Waals surface area contributed by atoms with E-state index in [1.54, 1.807) is 5.48 Å². The summed E-state index contributed by atoms with van der Waals surface area (Å²) in [4.78, 5) is 25.8. The summed E-state index contributed by atoms with van der Waals surface area (Å²) in [5, 5.41) is 7.95. The number of amides is 1. The molecule has 1 aromatic carbocycles. The first-order valence-electron chi connectivity index (χ1n) is 4.20. The molecule has 0 atom stereocenters. The summed E-state index contributed by atoms with van der Waals surface area (Å²) in [7, 11) is 0. The maximum absolute atomic E-state index is 13.1. The summed E-state index contributed by atoms with van der Waals surface area (Å²) in [6, 6.07) is 1.88. The van der Waals surface area contributed by atoms with Gasteiger partial charge in [0.15, 0.2) is 6.61 Å². The van der Waals surface area contributed by atoms with Crippen molar-refractivity contribution in [2.75, 3.05) is 6.61 Å². The molecule has 0 unspecified atom stereocenters. The molecule has 0 aliphatic heterocycles. The number of halogens is 3. The van der Waals surface area contributed by atoms with Crippen LogP contribution in [0.3, 0.4) is 0 Å². The molecule has 0 aliphatic carbocycles. The van der Waals surface area contributed by atoms with Gasteiger partial charge in [0.05, 0.1) is 15.6 Å². The van der Waals surface area contributed by atoms with Gasteiger partial charge in [0.25, 0.3) is 5.91 Å². The Labute approximate surface area is 105 Å². The number of hydroxylamine groups is 1. The molecular weight excluding hydrogens is 276 g/mol. The fraction of sp³-hybridized carbons (Fsp3) is 0.111. The maximum atomic E-state index is 13.1. The average Bonchev–Trinajstić information content (AvgIpc) is 2.22. The van der Waals surface area contributed by atoms with Crippen molar-refractivity contribution in [2.45, 2.75) is 0 Å². The third-order valence-corrected chi connectivity index (χ3v) is 2.22. The van der Waals surface area contributed by atoms with Crippen molar-refractivity contribution in [1.82, 2.24) is 5.48 Å². The van der Waals surface area contributed by atoms with Crippen molar-refractivity contribution < 1.29 is 23.9 Å². The van der Waals surface area contributed by atoms with Crippen molar-refractivity contribution in [3.8, 4) is 0 Å². The van der Waals surface area contributed by atoms with Gasteiger partial charge in [-0.2, -0.15) is 0 Å². The van der Waals surface area contributed by atoms with Crippen molar-refractivity contribution in [1.29, 1.82) is 0 Å². The first-order chi connectivity index (χ1) is 7.91. The van der Waals surface area contributed by atoms with Gasteiger partial charge in [-0.15, -0.1) is 0 Å². The highest BCUT2D eigenvalue weighted by Gasteiger charge is 2.14. The zero-order valence-electron chi connectivity index (χ0n) is 8.17.